The SMILES string of the molecule is CNC(=O)c1ccn2ccnc2c1. The van der Waals surface area contributed by atoms with Crippen molar-refractivity contribution in [3.8, 4) is 0 Å². The van der Waals surface area contributed by atoms with Crippen LogP contribution in [0.5, 0.6) is 0 Å². The largest absolute Gasteiger partial charge is 0.355 e. The molecular weight excluding hydrogens is 166 g/mol. The molecule has 0 spiro atoms. The van der Waals surface area contributed by atoms with Crippen LogP contribution in [0, 0.1) is 0 Å². The van der Waals surface area contributed by atoms with Crippen LogP contribution >= 0.6 is 0 Å². The zero-order chi connectivity index (χ0) is 9.26. The molecule has 4 heteroatoms. The molecule has 4 nitrogen and oxygen atoms in total. The Kier molecular flexibility index (Phi) is 1.73. The summed E-state index contributed by atoms with van der Waals surface area (Å²) >= 11 is 0. The molecule has 1 N–H and O–H groups in total. The number of pyridine rings is 1. The van der Waals surface area contributed by atoms with Gasteiger partial charge in [0.2, 0.25) is 0 Å². The molecule has 0 bridgehead atoms. The lowest BCUT2D eigenvalue weighted by Gasteiger charge is -1.99. The van der Waals surface area contributed by atoms with Crippen LogP contribution in [0.2, 0.25) is 0 Å². The molecule has 2 aromatic rings. The fourth-order valence-corrected chi connectivity index (χ4v) is 1.20. The van der Waals surface area contributed by atoms with Gasteiger partial charge in [0.25, 0.3) is 5.91 Å². The Balaban J connectivity index is 2.54. The lowest BCUT2D eigenvalue weighted by molar-refractivity contribution is 0.0963. The molecule has 0 aliphatic heterocycles. The van der Waals surface area contributed by atoms with E-state index in [1.807, 2.05) is 16.8 Å². The topological polar surface area (TPSA) is 46.4 Å². The Morgan fingerprint density at radius 3 is 3.15 bits per heavy atom. The minimum Gasteiger partial charge on any atom is -0.355 e. The van der Waals surface area contributed by atoms with E-state index >= 15 is 0 Å². The predicted molar refractivity (Wildman–Crippen MR) is 48.6 cm³/mol. The summed E-state index contributed by atoms with van der Waals surface area (Å²) in [4.78, 5) is 15.3. The van der Waals surface area contributed by atoms with E-state index in [1.54, 1.807) is 25.4 Å². The Hall–Kier alpha value is -1.84. The van der Waals surface area contributed by atoms with Crippen LogP contribution in [0.1, 0.15) is 10.4 Å². The molecule has 0 saturated heterocycles. The van der Waals surface area contributed by atoms with Crippen LogP contribution < -0.4 is 5.32 Å². The summed E-state index contributed by atoms with van der Waals surface area (Å²) in [5.74, 6) is -0.0921. The Bertz CT molecular complexity index is 447. The second kappa shape index (κ2) is 2.90. The quantitative estimate of drug-likeness (QED) is 0.693. The number of nitrogens with one attached hydrogen (secondary N) is 1. The highest BCUT2D eigenvalue weighted by molar-refractivity contribution is 5.94. The maximum Gasteiger partial charge on any atom is 0.251 e. The van der Waals surface area contributed by atoms with E-state index in [9.17, 15) is 4.79 Å². The number of imidazole rings is 1. The number of fused-ring (bicyclic) bond motifs is 1. The van der Waals surface area contributed by atoms with Gasteiger partial charge in [-0.05, 0) is 12.1 Å². The molecule has 13 heavy (non-hydrogen) atoms. The lowest BCUT2D eigenvalue weighted by Crippen LogP contribution is -2.17. The maximum absolute atomic E-state index is 11.2. The van der Waals surface area contributed by atoms with Crippen molar-refractivity contribution in [2.75, 3.05) is 7.05 Å². The highest BCUT2D eigenvalue weighted by Crippen LogP contribution is 2.04. The highest BCUT2D eigenvalue weighted by atomic mass is 16.1. The minimum absolute atomic E-state index is 0.0921. The van der Waals surface area contributed by atoms with Crippen molar-refractivity contribution in [1.29, 1.82) is 0 Å². The third-order valence-electron chi connectivity index (χ3n) is 1.89. The molecule has 0 aliphatic carbocycles. The molecule has 0 aromatic carbocycles. The molecule has 0 aliphatic rings. The second-order valence-electron chi connectivity index (χ2n) is 2.69. The maximum atomic E-state index is 11.2. The minimum atomic E-state index is -0.0921. The van der Waals surface area contributed by atoms with E-state index in [-0.39, 0.29) is 5.91 Å². The summed E-state index contributed by atoms with van der Waals surface area (Å²) in [5, 5.41) is 2.56. The van der Waals surface area contributed by atoms with Gasteiger partial charge in [-0.25, -0.2) is 4.98 Å². The first-order chi connectivity index (χ1) is 6.31. The van der Waals surface area contributed by atoms with Gasteiger partial charge in [-0.1, -0.05) is 0 Å². The van der Waals surface area contributed by atoms with Gasteiger partial charge in [-0.15, -0.1) is 0 Å². The van der Waals surface area contributed by atoms with Crippen molar-refractivity contribution in [3.63, 3.8) is 0 Å². The van der Waals surface area contributed by atoms with E-state index in [0.29, 0.717) is 5.56 Å². The Morgan fingerprint density at radius 1 is 1.54 bits per heavy atom. The first-order valence-corrected chi connectivity index (χ1v) is 3.96. The van der Waals surface area contributed by atoms with E-state index in [1.165, 1.54) is 0 Å². The van der Waals surface area contributed by atoms with Gasteiger partial charge in [0.1, 0.15) is 5.65 Å². The molecule has 0 atom stereocenters. The standard InChI is InChI=1S/C9H9N3O/c1-10-9(13)7-2-4-12-5-3-11-8(12)6-7/h2-6H,1H3,(H,10,13). The van der Waals surface area contributed by atoms with E-state index in [0.717, 1.165) is 5.65 Å². The molecule has 2 aromatic heterocycles. The smallest absolute Gasteiger partial charge is 0.251 e. The number of carbonyl (C=O) groups is 1. The Labute approximate surface area is 75.2 Å². The molecule has 2 heterocycles. The van der Waals surface area contributed by atoms with Gasteiger partial charge in [0, 0.05) is 31.2 Å². The van der Waals surface area contributed by atoms with Crippen molar-refractivity contribution in [3.05, 3.63) is 36.3 Å². The summed E-state index contributed by atoms with van der Waals surface area (Å²) in [7, 11) is 1.61. The average molecular weight is 175 g/mol. The van der Waals surface area contributed by atoms with Gasteiger partial charge < -0.3 is 9.72 Å². The van der Waals surface area contributed by atoms with Gasteiger partial charge in [0.05, 0.1) is 0 Å². The highest BCUT2D eigenvalue weighted by Gasteiger charge is 2.03. The fourth-order valence-electron chi connectivity index (χ4n) is 1.20. The lowest BCUT2D eigenvalue weighted by atomic mass is 10.2. The van der Waals surface area contributed by atoms with Crippen LogP contribution in [0.15, 0.2) is 30.7 Å². The predicted octanol–water partition coefficient (Wildman–Crippen LogP) is 0.694. The summed E-state index contributed by atoms with van der Waals surface area (Å²) < 4.78 is 1.85. The van der Waals surface area contributed by atoms with Crippen molar-refractivity contribution in [2.45, 2.75) is 0 Å². The number of carbonyl (C=O) groups excluding carboxylic acids is 1. The molecule has 0 unspecified atom stereocenters. The van der Waals surface area contributed by atoms with Crippen LogP contribution in [-0.2, 0) is 0 Å². The molecular formula is C9H9N3O. The van der Waals surface area contributed by atoms with E-state index in [2.05, 4.69) is 10.3 Å². The summed E-state index contributed by atoms with van der Waals surface area (Å²) in [6.07, 6.45) is 5.35. The summed E-state index contributed by atoms with van der Waals surface area (Å²) in [6.45, 7) is 0. The van der Waals surface area contributed by atoms with E-state index in [4.69, 9.17) is 0 Å². The Morgan fingerprint density at radius 2 is 2.38 bits per heavy atom. The van der Waals surface area contributed by atoms with Crippen LogP contribution in [0.25, 0.3) is 5.65 Å². The zero-order valence-electron chi connectivity index (χ0n) is 7.19. The number of amides is 1. The monoisotopic (exact) mass is 175 g/mol. The number of hydrogen-bond donors (Lipinski definition) is 1. The zero-order valence-corrected chi connectivity index (χ0v) is 7.19. The number of hydrogen-bond acceptors (Lipinski definition) is 2. The third kappa shape index (κ3) is 1.26. The van der Waals surface area contributed by atoms with Crippen LogP contribution in [0.3, 0.4) is 0 Å². The first kappa shape index (κ1) is 7.79. The number of rotatable bonds is 1. The molecule has 0 radical (unpaired) electrons. The molecule has 2 rings (SSSR count). The van der Waals surface area contributed by atoms with Gasteiger partial charge in [-0.2, -0.15) is 0 Å². The van der Waals surface area contributed by atoms with Gasteiger partial charge >= 0.3 is 0 Å². The van der Waals surface area contributed by atoms with Gasteiger partial charge in [-0.3, -0.25) is 4.79 Å². The third-order valence-corrected chi connectivity index (χ3v) is 1.89. The van der Waals surface area contributed by atoms with Crippen LogP contribution in [-0.4, -0.2) is 22.3 Å². The molecule has 1 amide bonds. The second-order valence-corrected chi connectivity index (χ2v) is 2.69. The summed E-state index contributed by atoms with van der Waals surface area (Å²) in [6, 6.07) is 3.51. The van der Waals surface area contributed by atoms with Crippen molar-refractivity contribution < 1.29 is 4.79 Å². The van der Waals surface area contributed by atoms with Crippen molar-refractivity contribution in [1.82, 2.24) is 14.7 Å². The first-order valence-electron chi connectivity index (χ1n) is 3.96. The molecule has 66 valence electrons. The number of nitrogens with zero attached hydrogens (tertiary/aromatic N) is 2. The van der Waals surface area contributed by atoms with Crippen LogP contribution in [0.4, 0.5) is 0 Å². The van der Waals surface area contributed by atoms with Crippen molar-refractivity contribution in [2.24, 2.45) is 0 Å². The normalized spacial score (nSPS) is 10.2. The van der Waals surface area contributed by atoms with Gasteiger partial charge in [0.15, 0.2) is 0 Å². The van der Waals surface area contributed by atoms with Crippen molar-refractivity contribution >= 4 is 11.6 Å². The van der Waals surface area contributed by atoms with E-state index < -0.39 is 0 Å². The molecule has 0 fully saturated rings. The summed E-state index contributed by atoms with van der Waals surface area (Å²) in [5.41, 5.74) is 1.40. The molecule has 0 saturated carbocycles. The average Bonchev–Trinajstić information content (AvgIpc) is 2.63. The number of aromatic nitrogens is 2. The fraction of sp³-hybridized carbons (Fsp3) is 0.111.